The second kappa shape index (κ2) is 5.36. The molecule has 1 atom stereocenters. The van der Waals surface area contributed by atoms with Gasteiger partial charge in [0.15, 0.2) is 0 Å². The minimum absolute atomic E-state index is 0.254. The van der Waals surface area contributed by atoms with Gasteiger partial charge in [-0.15, -0.1) is 0 Å². The van der Waals surface area contributed by atoms with E-state index in [1.807, 2.05) is 11.8 Å². The molecule has 1 unspecified atom stereocenters. The van der Waals surface area contributed by atoms with Crippen molar-refractivity contribution in [2.75, 3.05) is 12.3 Å². The van der Waals surface area contributed by atoms with Crippen LogP contribution in [0.1, 0.15) is 25.3 Å². The molecule has 1 saturated heterocycles. The van der Waals surface area contributed by atoms with Crippen LogP contribution in [0.5, 0.6) is 0 Å². The van der Waals surface area contributed by atoms with Crippen LogP contribution in [0.2, 0.25) is 0 Å². The van der Waals surface area contributed by atoms with Crippen LogP contribution in [0.4, 0.5) is 8.78 Å². The van der Waals surface area contributed by atoms with Gasteiger partial charge in [0.05, 0.1) is 0 Å². The van der Waals surface area contributed by atoms with E-state index in [0.717, 1.165) is 12.6 Å². The minimum Gasteiger partial charge on any atom is -0.311 e. The van der Waals surface area contributed by atoms with Gasteiger partial charge in [-0.2, -0.15) is 11.8 Å². The van der Waals surface area contributed by atoms with Crippen LogP contribution in [0.15, 0.2) is 18.2 Å². The van der Waals surface area contributed by atoms with Crippen LogP contribution >= 0.6 is 11.8 Å². The van der Waals surface area contributed by atoms with E-state index >= 15 is 0 Å². The summed E-state index contributed by atoms with van der Waals surface area (Å²) in [4.78, 5) is 0. The van der Waals surface area contributed by atoms with Crippen molar-refractivity contribution in [1.82, 2.24) is 5.32 Å². The lowest BCUT2D eigenvalue weighted by atomic mass is 10.1. The molecule has 1 fully saturated rings. The van der Waals surface area contributed by atoms with Crippen LogP contribution in [0, 0.1) is 11.6 Å². The molecule has 0 aromatic heterocycles. The van der Waals surface area contributed by atoms with Gasteiger partial charge in [-0.3, -0.25) is 0 Å². The first-order valence-corrected chi connectivity index (χ1v) is 6.86. The molecule has 0 aliphatic carbocycles. The van der Waals surface area contributed by atoms with Crippen molar-refractivity contribution in [3.8, 4) is 0 Å². The van der Waals surface area contributed by atoms with Crippen LogP contribution in [-0.2, 0) is 6.54 Å². The van der Waals surface area contributed by atoms with Crippen molar-refractivity contribution < 1.29 is 8.78 Å². The molecule has 1 aromatic carbocycles. The van der Waals surface area contributed by atoms with E-state index in [9.17, 15) is 8.78 Å². The van der Waals surface area contributed by atoms with Crippen LogP contribution in [0.25, 0.3) is 0 Å². The van der Waals surface area contributed by atoms with Gasteiger partial charge in [0.2, 0.25) is 0 Å². The van der Waals surface area contributed by atoms with Crippen molar-refractivity contribution in [2.45, 2.75) is 31.1 Å². The maximum Gasteiger partial charge on any atom is 0.127 e. The van der Waals surface area contributed by atoms with E-state index in [0.29, 0.717) is 12.1 Å². The van der Waals surface area contributed by atoms with E-state index in [1.54, 1.807) is 0 Å². The molecule has 2 rings (SSSR count). The number of rotatable bonds is 4. The van der Waals surface area contributed by atoms with Gasteiger partial charge in [-0.1, -0.05) is 0 Å². The number of thioether (sulfide) groups is 1. The summed E-state index contributed by atoms with van der Waals surface area (Å²) in [5.74, 6) is 0.472. The number of hydrogen-bond acceptors (Lipinski definition) is 2. The number of benzene rings is 1. The van der Waals surface area contributed by atoms with Gasteiger partial charge in [0, 0.05) is 23.4 Å². The zero-order valence-electron chi connectivity index (χ0n) is 9.93. The molecule has 0 bridgehead atoms. The Labute approximate surface area is 105 Å². The molecule has 1 aliphatic rings. The summed E-state index contributed by atoms with van der Waals surface area (Å²) in [7, 11) is 0. The summed E-state index contributed by atoms with van der Waals surface area (Å²) in [6.07, 6.45) is 2.44. The second-order valence-electron chi connectivity index (χ2n) is 4.74. The van der Waals surface area contributed by atoms with Gasteiger partial charge >= 0.3 is 0 Å². The molecule has 1 N–H and O–H groups in total. The molecule has 4 heteroatoms. The lowest BCUT2D eigenvalue weighted by Crippen LogP contribution is -2.32. The predicted molar refractivity (Wildman–Crippen MR) is 68.2 cm³/mol. The standard InChI is InChI=1S/C13H17F2NS/c1-13(5-2-6-17-13)9-16-8-10-7-11(14)3-4-12(10)15/h3-4,7,16H,2,5-6,8-9H2,1H3. The summed E-state index contributed by atoms with van der Waals surface area (Å²) < 4.78 is 26.6. The Morgan fingerprint density at radius 1 is 1.41 bits per heavy atom. The first-order chi connectivity index (χ1) is 8.09. The third kappa shape index (κ3) is 3.42. The average molecular weight is 257 g/mol. The lowest BCUT2D eigenvalue weighted by Gasteiger charge is -2.23. The third-order valence-electron chi connectivity index (χ3n) is 3.12. The summed E-state index contributed by atoms with van der Waals surface area (Å²) in [6.45, 7) is 3.45. The molecular formula is C13H17F2NS. The highest BCUT2D eigenvalue weighted by Crippen LogP contribution is 2.36. The highest BCUT2D eigenvalue weighted by atomic mass is 32.2. The van der Waals surface area contributed by atoms with Gasteiger partial charge in [-0.25, -0.2) is 8.78 Å². The Balaban J connectivity index is 1.87. The monoisotopic (exact) mass is 257 g/mol. The third-order valence-corrected chi connectivity index (χ3v) is 4.66. The van der Waals surface area contributed by atoms with Crippen LogP contribution in [-0.4, -0.2) is 17.0 Å². The summed E-state index contributed by atoms with van der Waals surface area (Å²) in [5.41, 5.74) is 0.400. The zero-order valence-corrected chi connectivity index (χ0v) is 10.7. The van der Waals surface area contributed by atoms with E-state index in [2.05, 4.69) is 12.2 Å². The largest absolute Gasteiger partial charge is 0.311 e. The van der Waals surface area contributed by atoms with Crippen molar-refractivity contribution in [3.63, 3.8) is 0 Å². The second-order valence-corrected chi connectivity index (χ2v) is 6.42. The van der Waals surface area contributed by atoms with Crippen LogP contribution in [0.3, 0.4) is 0 Å². The maximum absolute atomic E-state index is 13.4. The molecular weight excluding hydrogens is 240 g/mol. The number of nitrogens with one attached hydrogen (secondary N) is 1. The fraction of sp³-hybridized carbons (Fsp3) is 0.538. The molecule has 0 amide bonds. The molecule has 94 valence electrons. The van der Waals surface area contributed by atoms with Gasteiger partial charge < -0.3 is 5.32 Å². The topological polar surface area (TPSA) is 12.0 Å². The zero-order chi connectivity index (χ0) is 12.3. The fourth-order valence-electron chi connectivity index (χ4n) is 2.12. The normalized spacial score (nSPS) is 24.2. The quantitative estimate of drug-likeness (QED) is 0.888. The molecule has 17 heavy (non-hydrogen) atoms. The number of hydrogen-bond donors (Lipinski definition) is 1. The minimum atomic E-state index is -0.385. The summed E-state index contributed by atoms with van der Waals surface area (Å²) in [6, 6.07) is 3.58. The molecule has 1 aromatic rings. The summed E-state index contributed by atoms with van der Waals surface area (Å²) >= 11 is 1.96. The van der Waals surface area contributed by atoms with E-state index in [-0.39, 0.29) is 16.4 Å². The first kappa shape index (κ1) is 12.8. The summed E-state index contributed by atoms with van der Waals surface area (Å²) in [5, 5.41) is 3.22. The Hall–Kier alpha value is -0.610. The molecule has 1 heterocycles. The highest BCUT2D eigenvalue weighted by Gasteiger charge is 2.28. The van der Waals surface area contributed by atoms with Crippen LogP contribution < -0.4 is 5.32 Å². The molecule has 1 nitrogen and oxygen atoms in total. The predicted octanol–water partition coefficient (Wildman–Crippen LogP) is 3.34. The van der Waals surface area contributed by atoms with Crippen molar-refractivity contribution in [1.29, 1.82) is 0 Å². The Kier molecular flexibility index (Phi) is 4.05. The molecule has 0 spiro atoms. The van der Waals surface area contributed by atoms with Gasteiger partial charge in [0.25, 0.3) is 0 Å². The SMILES string of the molecule is CC1(CNCc2cc(F)ccc2F)CCCS1. The van der Waals surface area contributed by atoms with Gasteiger partial charge in [0.1, 0.15) is 11.6 Å². The Morgan fingerprint density at radius 2 is 2.24 bits per heavy atom. The molecule has 0 saturated carbocycles. The Bertz CT molecular complexity index is 389. The van der Waals surface area contributed by atoms with E-state index in [4.69, 9.17) is 0 Å². The molecule has 0 radical (unpaired) electrons. The van der Waals surface area contributed by atoms with Crippen molar-refractivity contribution in [3.05, 3.63) is 35.4 Å². The van der Waals surface area contributed by atoms with E-state index < -0.39 is 0 Å². The first-order valence-electron chi connectivity index (χ1n) is 5.88. The van der Waals surface area contributed by atoms with Crippen molar-refractivity contribution >= 4 is 11.8 Å². The smallest absolute Gasteiger partial charge is 0.127 e. The van der Waals surface area contributed by atoms with Crippen molar-refractivity contribution in [2.24, 2.45) is 0 Å². The lowest BCUT2D eigenvalue weighted by molar-refractivity contribution is 0.521. The number of halogens is 2. The fourth-order valence-corrected chi connectivity index (χ4v) is 3.39. The highest BCUT2D eigenvalue weighted by molar-refractivity contribution is 8.00. The van der Waals surface area contributed by atoms with Gasteiger partial charge in [-0.05, 0) is 43.7 Å². The average Bonchev–Trinajstić information content (AvgIpc) is 2.71. The van der Waals surface area contributed by atoms with E-state index in [1.165, 1.54) is 30.7 Å². The molecule has 1 aliphatic heterocycles. The Morgan fingerprint density at radius 3 is 2.94 bits per heavy atom. The maximum atomic E-state index is 13.4.